The molecule has 1 fully saturated rings. The molecule has 0 aromatic rings. The topological polar surface area (TPSA) is 20.2 Å². The van der Waals surface area contributed by atoms with E-state index in [9.17, 15) is 5.11 Å². The van der Waals surface area contributed by atoms with Gasteiger partial charge < -0.3 is 5.11 Å². The van der Waals surface area contributed by atoms with E-state index in [1.165, 1.54) is 19.3 Å². The first-order chi connectivity index (χ1) is 6.42. The minimum absolute atomic E-state index is 0.218. The van der Waals surface area contributed by atoms with Crippen LogP contribution in [0.3, 0.4) is 0 Å². The van der Waals surface area contributed by atoms with E-state index >= 15 is 0 Å². The number of terminal acetylenes is 1. The number of hydrogen-bond acceptors (Lipinski definition) is 1. The average molecular weight is 194 g/mol. The van der Waals surface area contributed by atoms with Gasteiger partial charge in [0.05, 0.1) is 0 Å². The van der Waals surface area contributed by atoms with Gasteiger partial charge in [0.2, 0.25) is 0 Å². The van der Waals surface area contributed by atoms with Gasteiger partial charge in [0, 0.05) is 5.41 Å². The van der Waals surface area contributed by atoms with E-state index in [2.05, 4.69) is 5.92 Å². The summed E-state index contributed by atoms with van der Waals surface area (Å²) in [6.45, 7) is 6.09. The molecule has 1 nitrogen and oxygen atoms in total. The molecular weight excluding hydrogens is 172 g/mol. The molecule has 0 aromatic heterocycles. The molecule has 0 bridgehead atoms. The van der Waals surface area contributed by atoms with Crippen LogP contribution < -0.4 is 0 Å². The van der Waals surface area contributed by atoms with Crippen molar-refractivity contribution in [3.05, 3.63) is 0 Å². The molecule has 1 unspecified atom stereocenters. The van der Waals surface area contributed by atoms with Gasteiger partial charge in [-0.1, -0.05) is 46.0 Å². The van der Waals surface area contributed by atoms with Crippen LogP contribution in [0.25, 0.3) is 0 Å². The van der Waals surface area contributed by atoms with Crippen molar-refractivity contribution in [1.82, 2.24) is 0 Å². The Morgan fingerprint density at radius 1 is 1.14 bits per heavy atom. The van der Waals surface area contributed by atoms with Crippen LogP contribution in [-0.2, 0) is 0 Å². The third-order valence-corrected chi connectivity index (χ3v) is 3.56. The Morgan fingerprint density at radius 3 is 2.00 bits per heavy atom. The zero-order valence-electron chi connectivity index (χ0n) is 9.64. The zero-order chi connectivity index (χ0) is 10.8. The molecule has 0 amide bonds. The summed E-state index contributed by atoms with van der Waals surface area (Å²) in [5.74, 6) is 2.94. The van der Waals surface area contributed by atoms with Gasteiger partial charge in [-0.05, 0) is 18.8 Å². The summed E-state index contributed by atoms with van der Waals surface area (Å²) in [6, 6.07) is 0. The maximum Gasteiger partial charge on any atom is 0.132 e. The Kier molecular flexibility index (Phi) is 3.27. The molecule has 0 radical (unpaired) electrons. The van der Waals surface area contributed by atoms with E-state index in [4.69, 9.17) is 6.42 Å². The Labute approximate surface area is 87.9 Å². The molecule has 0 aliphatic heterocycles. The van der Waals surface area contributed by atoms with Gasteiger partial charge in [-0.25, -0.2) is 0 Å². The molecule has 1 aliphatic carbocycles. The van der Waals surface area contributed by atoms with Gasteiger partial charge in [0.15, 0.2) is 0 Å². The molecule has 1 atom stereocenters. The normalized spacial score (nSPS) is 23.9. The second kappa shape index (κ2) is 3.95. The predicted octanol–water partition coefficient (Wildman–Crippen LogP) is 2.98. The van der Waals surface area contributed by atoms with Gasteiger partial charge in [-0.3, -0.25) is 0 Å². The van der Waals surface area contributed by atoms with Gasteiger partial charge >= 0.3 is 0 Å². The van der Waals surface area contributed by atoms with Gasteiger partial charge in [-0.15, -0.1) is 6.42 Å². The number of aliphatic hydroxyl groups is 1. The summed E-state index contributed by atoms with van der Waals surface area (Å²) in [4.78, 5) is 0. The first-order valence-electron chi connectivity index (χ1n) is 5.62. The molecule has 0 aromatic carbocycles. The Morgan fingerprint density at radius 2 is 1.64 bits per heavy atom. The minimum atomic E-state index is -0.923. The molecule has 1 N–H and O–H groups in total. The highest BCUT2D eigenvalue weighted by Gasteiger charge is 2.45. The monoisotopic (exact) mass is 194 g/mol. The van der Waals surface area contributed by atoms with Crippen LogP contribution in [0.4, 0.5) is 0 Å². The smallest absolute Gasteiger partial charge is 0.132 e. The van der Waals surface area contributed by atoms with Crippen LogP contribution in [0.15, 0.2) is 0 Å². The second-order valence-electron chi connectivity index (χ2n) is 5.50. The van der Waals surface area contributed by atoms with E-state index in [-0.39, 0.29) is 5.41 Å². The molecule has 1 heteroatoms. The van der Waals surface area contributed by atoms with Crippen molar-refractivity contribution in [2.75, 3.05) is 0 Å². The van der Waals surface area contributed by atoms with Crippen molar-refractivity contribution in [3.63, 3.8) is 0 Å². The lowest BCUT2D eigenvalue weighted by molar-refractivity contribution is -0.0652. The lowest BCUT2D eigenvalue weighted by Crippen LogP contribution is -2.48. The van der Waals surface area contributed by atoms with Crippen molar-refractivity contribution >= 4 is 0 Å². The SMILES string of the molecule is C#CC(O)(C1CCCCC1)C(C)(C)C. The van der Waals surface area contributed by atoms with Gasteiger partial charge in [0.1, 0.15) is 5.60 Å². The van der Waals surface area contributed by atoms with E-state index < -0.39 is 5.60 Å². The summed E-state index contributed by atoms with van der Waals surface area (Å²) >= 11 is 0. The lowest BCUT2D eigenvalue weighted by Gasteiger charge is -2.43. The lowest BCUT2D eigenvalue weighted by atomic mass is 9.65. The van der Waals surface area contributed by atoms with E-state index in [0.29, 0.717) is 5.92 Å². The maximum absolute atomic E-state index is 10.5. The van der Waals surface area contributed by atoms with Crippen LogP contribution in [0.1, 0.15) is 52.9 Å². The van der Waals surface area contributed by atoms with Crippen LogP contribution in [-0.4, -0.2) is 10.7 Å². The minimum Gasteiger partial charge on any atom is -0.377 e. The highest BCUT2D eigenvalue weighted by atomic mass is 16.3. The molecule has 80 valence electrons. The predicted molar refractivity (Wildman–Crippen MR) is 59.8 cm³/mol. The Balaban J connectivity index is 2.84. The van der Waals surface area contributed by atoms with Crippen molar-refractivity contribution in [2.45, 2.75) is 58.5 Å². The zero-order valence-corrected chi connectivity index (χ0v) is 9.64. The molecule has 14 heavy (non-hydrogen) atoms. The Hall–Kier alpha value is -0.480. The molecule has 1 rings (SSSR count). The largest absolute Gasteiger partial charge is 0.377 e. The molecule has 1 aliphatic rings. The molecule has 0 heterocycles. The van der Waals surface area contributed by atoms with Crippen molar-refractivity contribution in [3.8, 4) is 12.3 Å². The summed E-state index contributed by atoms with van der Waals surface area (Å²) in [6.07, 6.45) is 11.4. The summed E-state index contributed by atoms with van der Waals surface area (Å²) in [7, 11) is 0. The third kappa shape index (κ3) is 1.96. The third-order valence-electron chi connectivity index (χ3n) is 3.56. The fraction of sp³-hybridized carbons (Fsp3) is 0.846. The fourth-order valence-corrected chi connectivity index (χ4v) is 2.47. The number of rotatable bonds is 1. The quantitative estimate of drug-likeness (QED) is 0.636. The summed E-state index contributed by atoms with van der Waals surface area (Å²) < 4.78 is 0. The van der Waals surface area contributed by atoms with Gasteiger partial charge in [0.25, 0.3) is 0 Å². The highest BCUT2D eigenvalue weighted by Crippen LogP contribution is 2.42. The van der Waals surface area contributed by atoms with E-state index in [0.717, 1.165) is 12.8 Å². The van der Waals surface area contributed by atoms with Crippen LogP contribution in [0, 0.1) is 23.7 Å². The van der Waals surface area contributed by atoms with Crippen molar-refractivity contribution in [1.29, 1.82) is 0 Å². The highest BCUT2D eigenvalue weighted by molar-refractivity contribution is 5.16. The fourth-order valence-electron chi connectivity index (χ4n) is 2.47. The maximum atomic E-state index is 10.5. The van der Waals surface area contributed by atoms with Crippen LogP contribution in [0.2, 0.25) is 0 Å². The Bertz CT molecular complexity index is 225. The summed E-state index contributed by atoms with van der Waals surface area (Å²) in [5.41, 5.74) is -1.14. The van der Waals surface area contributed by atoms with Crippen molar-refractivity contribution in [2.24, 2.45) is 11.3 Å². The van der Waals surface area contributed by atoms with E-state index in [1.54, 1.807) is 0 Å². The first-order valence-corrected chi connectivity index (χ1v) is 5.62. The average Bonchev–Trinajstić information content (AvgIpc) is 2.16. The molecule has 0 saturated heterocycles. The number of hydrogen-bond donors (Lipinski definition) is 1. The van der Waals surface area contributed by atoms with Crippen LogP contribution in [0.5, 0.6) is 0 Å². The van der Waals surface area contributed by atoms with E-state index in [1.807, 2.05) is 20.8 Å². The second-order valence-corrected chi connectivity index (χ2v) is 5.50. The van der Waals surface area contributed by atoms with Gasteiger partial charge in [-0.2, -0.15) is 0 Å². The van der Waals surface area contributed by atoms with Crippen molar-refractivity contribution < 1.29 is 5.11 Å². The first kappa shape index (κ1) is 11.6. The molecular formula is C13H22O. The van der Waals surface area contributed by atoms with Crippen LogP contribution >= 0.6 is 0 Å². The summed E-state index contributed by atoms with van der Waals surface area (Å²) in [5, 5.41) is 10.5. The molecule has 0 spiro atoms. The molecule has 1 saturated carbocycles. The standard InChI is InChI=1S/C13H22O/c1-5-13(14,12(2,3)4)11-9-7-6-8-10-11/h1,11,14H,6-10H2,2-4H3.